The molecule has 108 valence electrons. The predicted molar refractivity (Wildman–Crippen MR) is 73.8 cm³/mol. The fraction of sp³-hybridized carbons (Fsp3) is 0.500. The molecule has 0 N–H and O–H groups in total. The quantitative estimate of drug-likeness (QED) is 0.756. The lowest BCUT2D eigenvalue weighted by Gasteiger charge is -2.18. The average molecular weight is 309 g/mol. The Labute approximate surface area is 117 Å². The summed E-state index contributed by atoms with van der Waals surface area (Å²) < 4.78 is 38.5. The number of ether oxygens (including phenoxy) is 3. The van der Waals surface area contributed by atoms with Crippen LogP contribution in [0.3, 0.4) is 0 Å². The zero-order valence-electron chi connectivity index (χ0n) is 11.3. The molecule has 0 radical (unpaired) electrons. The first-order valence-electron chi connectivity index (χ1n) is 5.61. The Bertz CT molecular complexity index is 539. The second kappa shape index (κ2) is 6.34. The molecule has 0 atom stereocenters. The van der Waals surface area contributed by atoms with E-state index in [0.717, 1.165) is 0 Å². The molecule has 7 heteroatoms. The van der Waals surface area contributed by atoms with Gasteiger partial charge in [-0.2, -0.15) is 0 Å². The van der Waals surface area contributed by atoms with Crippen LogP contribution in [0, 0.1) is 0 Å². The van der Waals surface area contributed by atoms with Crippen LogP contribution >= 0.6 is 10.7 Å². The maximum absolute atomic E-state index is 11.2. The fourth-order valence-corrected chi connectivity index (χ4v) is 2.56. The monoisotopic (exact) mass is 308 g/mol. The second-order valence-electron chi connectivity index (χ2n) is 4.14. The first-order chi connectivity index (χ1) is 8.78. The van der Waals surface area contributed by atoms with Crippen molar-refractivity contribution in [2.24, 2.45) is 0 Å². The molecule has 1 aromatic carbocycles. The van der Waals surface area contributed by atoms with Crippen molar-refractivity contribution in [1.29, 1.82) is 0 Å². The maximum Gasteiger partial charge on any atom is 0.236 e. The number of halogens is 1. The molecular weight excluding hydrogens is 292 g/mol. The smallest absolute Gasteiger partial charge is 0.236 e. The van der Waals surface area contributed by atoms with Crippen LogP contribution in [-0.2, 0) is 14.8 Å². The van der Waals surface area contributed by atoms with E-state index in [1.54, 1.807) is 12.1 Å². The van der Waals surface area contributed by atoms with Crippen molar-refractivity contribution in [3.05, 3.63) is 17.7 Å². The average Bonchev–Trinajstić information content (AvgIpc) is 2.28. The van der Waals surface area contributed by atoms with Crippen LogP contribution in [0.2, 0.25) is 0 Å². The SMILES string of the molecule is COc1ccc(CS(=O)(=O)Cl)c(OC(C)C)c1OC. The number of rotatable bonds is 6. The normalized spacial score (nSPS) is 11.5. The molecule has 0 saturated heterocycles. The summed E-state index contributed by atoms with van der Waals surface area (Å²) in [6, 6.07) is 3.21. The minimum atomic E-state index is -3.68. The molecule has 0 aliphatic rings. The van der Waals surface area contributed by atoms with Gasteiger partial charge in [0.2, 0.25) is 14.8 Å². The van der Waals surface area contributed by atoms with Crippen LogP contribution in [0.4, 0.5) is 0 Å². The highest BCUT2D eigenvalue weighted by Crippen LogP contribution is 2.41. The third-order valence-corrected chi connectivity index (χ3v) is 3.25. The Balaban J connectivity index is 3.37. The molecule has 0 saturated carbocycles. The fourth-order valence-electron chi connectivity index (χ4n) is 1.60. The van der Waals surface area contributed by atoms with E-state index in [1.807, 2.05) is 13.8 Å². The molecule has 0 aliphatic carbocycles. The second-order valence-corrected chi connectivity index (χ2v) is 6.92. The van der Waals surface area contributed by atoms with Gasteiger partial charge >= 0.3 is 0 Å². The molecule has 0 aromatic heterocycles. The number of benzene rings is 1. The molecule has 0 spiro atoms. The van der Waals surface area contributed by atoms with E-state index < -0.39 is 9.05 Å². The van der Waals surface area contributed by atoms with E-state index in [-0.39, 0.29) is 11.9 Å². The van der Waals surface area contributed by atoms with Gasteiger partial charge in [0.1, 0.15) is 0 Å². The minimum absolute atomic E-state index is 0.141. The van der Waals surface area contributed by atoms with Crippen LogP contribution < -0.4 is 14.2 Å². The zero-order chi connectivity index (χ0) is 14.6. The van der Waals surface area contributed by atoms with E-state index in [1.165, 1.54) is 14.2 Å². The molecule has 0 aliphatic heterocycles. The summed E-state index contributed by atoms with van der Waals surface area (Å²) in [7, 11) is 4.56. The van der Waals surface area contributed by atoms with E-state index in [4.69, 9.17) is 24.9 Å². The van der Waals surface area contributed by atoms with E-state index in [9.17, 15) is 8.42 Å². The van der Waals surface area contributed by atoms with Gasteiger partial charge in [-0.15, -0.1) is 0 Å². The van der Waals surface area contributed by atoms with Gasteiger partial charge in [0, 0.05) is 16.2 Å². The van der Waals surface area contributed by atoms with Crippen molar-refractivity contribution in [3.63, 3.8) is 0 Å². The molecule has 1 rings (SSSR count). The number of hydrogen-bond donors (Lipinski definition) is 0. The van der Waals surface area contributed by atoms with E-state index in [2.05, 4.69) is 0 Å². The van der Waals surface area contributed by atoms with Crippen LogP contribution in [0.15, 0.2) is 12.1 Å². The Morgan fingerprint density at radius 2 is 1.79 bits per heavy atom. The summed E-state index contributed by atoms with van der Waals surface area (Å²) >= 11 is 0. The van der Waals surface area contributed by atoms with Gasteiger partial charge in [0.25, 0.3) is 0 Å². The Morgan fingerprint density at radius 1 is 1.16 bits per heavy atom. The number of hydrogen-bond acceptors (Lipinski definition) is 5. The number of methoxy groups -OCH3 is 2. The molecule has 1 aromatic rings. The van der Waals surface area contributed by atoms with Crippen molar-refractivity contribution in [2.75, 3.05) is 14.2 Å². The van der Waals surface area contributed by atoms with Gasteiger partial charge in [0.05, 0.1) is 26.1 Å². The topological polar surface area (TPSA) is 61.8 Å². The largest absolute Gasteiger partial charge is 0.493 e. The minimum Gasteiger partial charge on any atom is -0.493 e. The van der Waals surface area contributed by atoms with Gasteiger partial charge < -0.3 is 14.2 Å². The highest BCUT2D eigenvalue weighted by molar-refractivity contribution is 8.13. The lowest BCUT2D eigenvalue weighted by Crippen LogP contribution is -2.10. The van der Waals surface area contributed by atoms with Gasteiger partial charge in [-0.3, -0.25) is 0 Å². The lowest BCUT2D eigenvalue weighted by atomic mass is 10.2. The molecule has 0 fully saturated rings. The summed E-state index contributed by atoms with van der Waals surface area (Å²) in [6.45, 7) is 3.66. The molecule has 0 bridgehead atoms. The molecule has 0 amide bonds. The third-order valence-electron chi connectivity index (χ3n) is 2.26. The molecule has 19 heavy (non-hydrogen) atoms. The highest BCUT2D eigenvalue weighted by atomic mass is 35.7. The van der Waals surface area contributed by atoms with Crippen LogP contribution in [0.1, 0.15) is 19.4 Å². The Hall–Kier alpha value is -1.14. The maximum atomic E-state index is 11.2. The summed E-state index contributed by atoms with van der Waals surface area (Å²) in [4.78, 5) is 0. The highest BCUT2D eigenvalue weighted by Gasteiger charge is 2.20. The zero-order valence-corrected chi connectivity index (χ0v) is 12.8. The lowest BCUT2D eigenvalue weighted by molar-refractivity contribution is 0.224. The van der Waals surface area contributed by atoms with Crippen molar-refractivity contribution < 1.29 is 22.6 Å². The molecular formula is C12H17ClO5S. The standard InChI is InChI=1S/C12H17ClO5S/c1-8(2)18-11-9(7-19(13,14)15)5-6-10(16-3)12(11)17-4/h5-6,8H,7H2,1-4H3. The Kier molecular flexibility index (Phi) is 5.31. The van der Waals surface area contributed by atoms with Crippen molar-refractivity contribution >= 4 is 19.7 Å². The predicted octanol–water partition coefficient (Wildman–Crippen LogP) is 2.56. The van der Waals surface area contributed by atoms with Crippen LogP contribution in [0.5, 0.6) is 17.2 Å². The third kappa shape index (κ3) is 4.47. The summed E-state index contributed by atoms with van der Waals surface area (Å²) in [5, 5.41) is 0. The van der Waals surface area contributed by atoms with E-state index >= 15 is 0 Å². The first-order valence-corrected chi connectivity index (χ1v) is 8.09. The van der Waals surface area contributed by atoms with Crippen molar-refractivity contribution in [1.82, 2.24) is 0 Å². The molecule has 0 heterocycles. The summed E-state index contributed by atoms with van der Waals surface area (Å²) in [5.74, 6) is 0.820. The van der Waals surface area contributed by atoms with Gasteiger partial charge in [-0.05, 0) is 19.9 Å². The molecule has 5 nitrogen and oxygen atoms in total. The Morgan fingerprint density at radius 3 is 2.21 bits per heavy atom. The van der Waals surface area contributed by atoms with Crippen LogP contribution in [-0.4, -0.2) is 28.7 Å². The summed E-state index contributed by atoms with van der Waals surface area (Å²) in [5.41, 5.74) is 0.432. The first kappa shape index (κ1) is 15.9. The van der Waals surface area contributed by atoms with Crippen molar-refractivity contribution in [3.8, 4) is 17.2 Å². The van der Waals surface area contributed by atoms with Gasteiger partial charge in [-0.1, -0.05) is 6.07 Å². The van der Waals surface area contributed by atoms with Gasteiger partial charge in [-0.25, -0.2) is 8.42 Å². The van der Waals surface area contributed by atoms with E-state index in [0.29, 0.717) is 22.8 Å². The molecule has 0 unspecified atom stereocenters. The van der Waals surface area contributed by atoms with Gasteiger partial charge in [0.15, 0.2) is 11.5 Å². The summed E-state index contributed by atoms with van der Waals surface area (Å²) in [6.07, 6.45) is -0.141. The van der Waals surface area contributed by atoms with Crippen LogP contribution in [0.25, 0.3) is 0 Å². The van der Waals surface area contributed by atoms with Crippen molar-refractivity contribution in [2.45, 2.75) is 25.7 Å².